The molecule has 27 heavy (non-hydrogen) atoms. The van der Waals surface area contributed by atoms with E-state index in [1.54, 1.807) is 7.11 Å². The van der Waals surface area contributed by atoms with Gasteiger partial charge in [-0.25, -0.2) is 0 Å². The van der Waals surface area contributed by atoms with E-state index in [2.05, 4.69) is 35.2 Å². The SMILES string of the molecule is COc1ccc(Cc2nnc3sc(-c4cc(CC(C)C)nn4C)nn23)cc1. The summed E-state index contributed by atoms with van der Waals surface area (Å²) in [5.41, 5.74) is 3.24. The van der Waals surface area contributed by atoms with Crippen molar-refractivity contribution in [2.45, 2.75) is 26.7 Å². The summed E-state index contributed by atoms with van der Waals surface area (Å²) in [7, 11) is 3.62. The first-order valence-corrected chi connectivity index (χ1v) is 9.72. The lowest BCUT2D eigenvalue weighted by Crippen LogP contribution is -1.99. The van der Waals surface area contributed by atoms with Crippen LogP contribution in [0.25, 0.3) is 15.7 Å². The van der Waals surface area contributed by atoms with Crippen molar-refractivity contribution in [2.75, 3.05) is 7.11 Å². The minimum absolute atomic E-state index is 0.571. The lowest BCUT2D eigenvalue weighted by molar-refractivity contribution is 0.414. The molecule has 0 aliphatic heterocycles. The number of ether oxygens (including phenoxy) is 1. The van der Waals surface area contributed by atoms with Gasteiger partial charge in [0.25, 0.3) is 0 Å². The fraction of sp³-hybridized carbons (Fsp3) is 0.368. The average molecular weight is 382 g/mol. The van der Waals surface area contributed by atoms with E-state index in [0.29, 0.717) is 12.3 Å². The van der Waals surface area contributed by atoms with E-state index in [1.807, 2.05) is 40.5 Å². The van der Waals surface area contributed by atoms with Crippen molar-refractivity contribution in [1.29, 1.82) is 0 Å². The minimum atomic E-state index is 0.571. The van der Waals surface area contributed by atoms with Gasteiger partial charge in [0.15, 0.2) is 10.8 Å². The fourth-order valence-electron chi connectivity index (χ4n) is 3.04. The van der Waals surface area contributed by atoms with Gasteiger partial charge in [-0.05, 0) is 36.1 Å². The molecule has 0 saturated carbocycles. The molecule has 0 N–H and O–H groups in total. The summed E-state index contributed by atoms with van der Waals surface area (Å²) in [6, 6.07) is 10.1. The molecule has 0 fully saturated rings. The van der Waals surface area contributed by atoms with Gasteiger partial charge in [-0.1, -0.05) is 37.3 Å². The van der Waals surface area contributed by atoms with Crippen molar-refractivity contribution >= 4 is 16.3 Å². The molecule has 0 radical (unpaired) electrons. The summed E-state index contributed by atoms with van der Waals surface area (Å²) >= 11 is 1.53. The first-order valence-electron chi connectivity index (χ1n) is 8.91. The predicted molar refractivity (Wildman–Crippen MR) is 105 cm³/mol. The molecule has 3 aromatic heterocycles. The smallest absolute Gasteiger partial charge is 0.235 e. The molecular formula is C19H22N6OS. The fourth-order valence-corrected chi connectivity index (χ4v) is 3.95. The highest BCUT2D eigenvalue weighted by Gasteiger charge is 2.17. The second-order valence-electron chi connectivity index (χ2n) is 6.99. The summed E-state index contributed by atoms with van der Waals surface area (Å²) in [5, 5.41) is 18.9. The maximum atomic E-state index is 5.21. The number of nitrogens with zero attached hydrogens (tertiary/aromatic N) is 6. The van der Waals surface area contributed by atoms with Crippen LogP contribution in [-0.2, 0) is 19.9 Å². The number of benzene rings is 1. The van der Waals surface area contributed by atoms with Gasteiger partial charge in [0, 0.05) is 13.5 Å². The third kappa shape index (κ3) is 3.57. The lowest BCUT2D eigenvalue weighted by Gasteiger charge is -2.01. The zero-order valence-corrected chi connectivity index (χ0v) is 16.7. The van der Waals surface area contributed by atoms with Crippen LogP contribution in [0.4, 0.5) is 0 Å². The van der Waals surface area contributed by atoms with Crippen LogP contribution in [0.5, 0.6) is 5.75 Å². The number of aryl methyl sites for hydroxylation is 1. The molecule has 0 aliphatic carbocycles. The Bertz CT molecular complexity index is 1060. The van der Waals surface area contributed by atoms with Crippen LogP contribution >= 0.6 is 11.3 Å². The first kappa shape index (κ1) is 17.7. The zero-order chi connectivity index (χ0) is 19.0. The second kappa shape index (κ2) is 7.11. The van der Waals surface area contributed by atoms with E-state index in [4.69, 9.17) is 9.84 Å². The largest absolute Gasteiger partial charge is 0.497 e. The van der Waals surface area contributed by atoms with Gasteiger partial charge in [-0.15, -0.1) is 10.2 Å². The Morgan fingerprint density at radius 3 is 2.59 bits per heavy atom. The maximum absolute atomic E-state index is 5.21. The molecule has 0 spiro atoms. The summed E-state index contributed by atoms with van der Waals surface area (Å²) in [4.78, 5) is 0.792. The Kier molecular flexibility index (Phi) is 4.65. The van der Waals surface area contributed by atoms with Crippen LogP contribution in [0.15, 0.2) is 30.3 Å². The molecule has 0 unspecified atom stereocenters. The Labute approximate surface area is 161 Å². The highest BCUT2D eigenvalue weighted by molar-refractivity contribution is 7.19. The van der Waals surface area contributed by atoms with E-state index in [9.17, 15) is 0 Å². The third-order valence-corrected chi connectivity index (χ3v) is 5.26. The van der Waals surface area contributed by atoms with Crippen LogP contribution in [-0.4, -0.2) is 36.7 Å². The van der Waals surface area contributed by atoms with Crippen molar-refractivity contribution in [3.63, 3.8) is 0 Å². The topological polar surface area (TPSA) is 70.1 Å². The molecule has 0 saturated heterocycles. The zero-order valence-electron chi connectivity index (χ0n) is 15.9. The minimum Gasteiger partial charge on any atom is -0.497 e. The standard InChI is InChI=1S/C19H22N6OS/c1-12(2)9-14-11-16(24(3)22-14)18-23-25-17(20-21-19(25)27-18)10-13-5-7-15(26-4)8-6-13/h5-8,11-12H,9-10H2,1-4H3. The highest BCUT2D eigenvalue weighted by atomic mass is 32.1. The molecule has 7 nitrogen and oxygen atoms in total. The Morgan fingerprint density at radius 1 is 1.11 bits per heavy atom. The molecule has 140 valence electrons. The molecular weight excluding hydrogens is 360 g/mol. The van der Waals surface area contributed by atoms with Gasteiger partial charge >= 0.3 is 0 Å². The monoisotopic (exact) mass is 382 g/mol. The molecule has 1 aromatic carbocycles. The van der Waals surface area contributed by atoms with Crippen molar-refractivity contribution in [3.8, 4) is 16.5 Å². The number of rotatable bonds is 6. The van der Waals surface area contributed by atoms with E-state index >= 15 is 0 Å². The van der Waals surface area contributed by atoms with Gasteiger partial charge in [0.2, 0.25) is 4.96 Å². The van der Waals surface area contributed by atoms with Gasteiger partial charge in [-0.2, -0.15) is 14.7 Å². The molecule has 4 rings (SSSR count). The lowest BCUT2D eigenvalue weighted by atomic mass is 10.1. The van der Waals surface area contributed by atoms with E-state index in [1.165, 1.54) is 11.3 Å². The van der Waals surface area contributed by atoms with Crippen molar-refractivity contribution < 1.29 is 4.74 Å². The Morgan fingerprint density at radius 2 is 1.89 bits per heavy atom. The molecule has 0 amide bonds. The summed E-state index contributed by atoms with van der Waals surface area (Å²) in [5.74, 6) is 2.23. The van der Waals surface area contributed by atoms with Crippen LogP contribution in [0.2, 0.25) is 0 Å². The van der Waals surface area contributed by atoms with Crippen LogP contribution in [0.1, 0.15) is 30.9 Å². The highest BCUT2D eigenvalue weighted by Crippen LogP contribution is 2.27. The third-order valence-electron chi connectivity index (χ3n) is 4.34. The molecule has 3 heterocycles. The van der Waals surface area contributed by atoms with Gasteiger partial charge in [0.1, 0.15) is 5.75 Å². The molecule has 0 aliphatic rings. The van der Waals surface area contributed by atoms with Crippen LogP contribution < -0.4 is 4.74 Å². The number of fused-ring (bicyclic) bond motifs is 1. The number of methoxy groups -OCH3 is 1. The van der Waals surface area contributed by atoms with E-state index in [0.717, 1.165) is 44.9 Å². The summed E-state index contributed by atoms with van der Waals surface area (Å²) < 4.78 is 8.94. The van der Waals surface area contributed by atoms with Gasteiger partial charge in [-0.3, -0.25) is 4.68 Å². The Hall–Kier alpha value is -2.74. The molecule has 8 heteroatoms. The maximum Gasteiger partial charge on any atom is 0.235 e. The van der Waals surface area contributed by atoms with E-state index in [-0.39, 0.29) is 0 Å². The Balaban J connectivity index is 1.63. The summed E-state index contributed by atoms with van der Waals surface area (Å²) in [6.45, 7) is 4.39. The normalized spacial score (nSPS) is 11.6. The average Bonchev–Trinajstić information content (AvgIpc) is 3.30. The molecule has 4 aromatic rings. The van der Waals surface area contributed by atoms with Gasteiger partial charge in [0.05, 0.1) is 18.5 Å². The van der Waals surface area contributed by atoms with Crippen LogP contribution in [0.3, 0.4) is 0 Å². The molecule has 0 bridgehead atoms. The second-order valence-corrected chi connectivity index (χ2v) is 7.94. The van der Waals surface area contributed by atoms with Crippen molar-refractivity contribution in [3.05, 3.63) is 47.4 Å². The number of aromatic nitrogens is 6. The first-order chi connectivity index (χ1) is 13.0. The van der Waals surface area contributed by atoms with Crippen molar-refractivity contribution in [2.24, 2.45) is 13.0 Å². The quantitative estimate of drug-likeness (QED) is 0.511. The number of hydrogen-bond acceptors (Lipinski definition) is 6. The number of hydrogen-bond donors (Lipinski definition) is 0. The van der Waals surface area contributed by atoms with Crippen LogP contribution in [0, 0.1) is 5.92 Å². The van der Waals surface area contributed by atoms with E-state index < -0.39 is 0 Å². The van der Waals surface area contributed by atoms with Gasteiger partial charge < -0.3 is 4.74 Å². The summed E-state index contributed by atoms with van der Waals surface area (Å²) in [6.07, 6.45) is 1.62. The predicted octanol–water partition coefficient (Wildman–Crippen LogP) is 3.38. The molecule has 0 atom stereocenters. The van der Waals surface area contributed by atoms with Crippen molar-refractivity contribution in [1.82, 2.24) is 29.6 Å².